The van der Waals surface area contributed by atoms with Crippen molar-refractivity contribution in [3.63, 3.8) is 0 Å². The average Bonchev–Trinajstić information content (AvgIpc) is 2.96. The van der Waals surface area contributed by atoms with Gasteiger partial charge in [0.2, 0.25) is 0 Å². The van der Waals surface area contributed by atoms with Gasteiger partial charge in [0.15, 0.2) is 5.96 Å². The molecule has 6 nitrogen and oxygen atoms in total. The van der Waals surface area contributed by atoms with Gasteiger partial charge in [-0.25, -0.2) is 8.42 Å². The molecule has 0 heterocycles. The van der Waals surface area contributed by atoms with Crippen molar-refractivity contribution in [3.8, 4) is 0 Å². The fourth-order valence-electron chi connectivity index (χ4n) is 1.45. The molecule has 106 valence electrons. The Morgan fingerprint density at radius 1 is 1.44 bits per heavy atom. The van der Waals surface area contributed by atoms with E-state index in [1.165, 1.54) is 12.7 Å². The fourth-order valence-corrected chi connectivity index (χ4v) is 1.87. The molecule has 0 aromatic rings. The van der Waals surface area contributed by atoms with E-state index in [0.29, 0.717) is 19.2 Å². The molecule has 0 saturated heterocycles. The van der Waals surface area contributed by atoms with Crippen molar-refractivity contribution < 1.29 is 13.2 Å². The number of rotatable bonds is 7. The summed E-state index contributed by atoms with van der Waals surface area (Å²) in [6, 6.07) is 0.530. The Bertz CT molecular complexity index is 381. The van der Waals surface area contributed by atoms with Gasteiger partial charge in [-0.2, -0.15) is 0 Å². The van der Waals surface area contributed by atoms with Crippen LogP contribution in [0.25, 0.3) is 0 Å². The zero-order valence-corrected chi connectivity index (χ0v) is 12.1. The maximum absolute atomic E-state index is 10.9. The summed E-state index contributed by atoms with van der Waals surface area (Å²) in [6.45, 7) is 3.52. The molecule has 0 aromatic carbocycles. The number of hydrogen-bond donors (Lipinski definition) is 2. The average molecular weight is 277 g/mol. The van der Waals surface area contributed by atoms with E-state index in [1.54, 1.807) is 7.05 Å². The second-order valence-electron chi connectivity index (χ2n) is 4.71. The standard InChI is InChI=1S/C11H23N3O3S/c1-9-8-10(9)14-11(12-2)13-4-5-17-6-7-18(3,15)16/h9-10H,4-8H2,1-3H3,(H2,12,13,14). The number of aliphatic imine (C=N–C) groups is 1. The normalized spacial score (nSPS) is 23.8. The van der Waals surface area contributed by atoms with Crippen LogP contribution in [0.3, 0.4) is 0 Å². The van der Waals surface area contributed by atoms with Gasteiger partial charge in [0.25, 0.3) is 0 Å². The number of hydrogen-bond acceptors (Lipinski definition) is 4. The van der Waals surface area contributed by atoms with Gasteiger partial charge >= 0.3 is 0 Å². The number of sulfone groups is 1. The molecule has 7 heteroatoms. The molecule has 18 heavy (non-hydrogen) atoms. The molecule has 2 N–H and O–H groups in total. The maximum Gasteiger partial charge on any atom is 0.191 e. The molecule has 0 bridgehead atoms. The molecule has 1 aliphatic carbocycles. The molecule has 0 spiro atoms. The van der Waals surface area contributed by atoms with E-state index in [9.17, 15) is 8.42 Å². The molecule has 2 atom stereocenters. The Kier molecular flexibility index (Phi) is 5.87. The van der Waals surface area contributed by atoms with E-state index in [0.717, 1.165) is 11.9 Å². The van der Waals surface area contributed by atoms with Crippen LogP contribution in [-0.2, 0) is 14.6 Å². The summed E-state index contributed by atoms with van der Waals surface area (Å²) in [5.74, 6) is 1.56. The van der Waals surface area contributed by atoms with Crippen LogP contribution < -0.4 is 10.6 Å². The van der Waals surface area contributed by atoms with Crippen molar-refractivity contribution in [2.24, 2.45) is 10.9 Å². The van der Waals surface area contributed by atoms with Crippen molar-refractivity contribution in [3.05, 3.63) is 0 Å². The second kappa shape index (κ2) is 6.94. The lowest BCUT2D eigenvalue weighted by Crippen LogP contribution is -2.40. The molecule has 0 amide bonds. The van der Waals surface area contributed by atoms with Crippen LogP contribution in [0.2, 0.25) is 0 Å². The van der Waals surface area contributed by atoms with Crippen LogP contribution in [0.4, 0.5) is 0 Å². The van der Waals surface area contributed by atoms with Gasteiger partial charge in [-0.15, -0.1) is 0 Å². The first-order chi connectivity index (χ1) is 8.42. The first-order valence-corrected chi connectivity index (χ1v) is 8.21. The molecule has 0 aromatic heterocycles. The smallest absolute Gasteiger partial charge is 0.191 e. The highest BCUT2D eigenvalue weighted by molar-refractivity contribution is 7.90. The number of ether oxygens (including phenoxy) is 1. The minimum atomic E-state index is -2.93. The number of nitrogens with zero attached hydrogens (tertiary/aromatic N) is 1. The Morgan fingerprint density at radius 2 is 2.11 bits per heavy atom. The molecular formula is C11H23N3O3S. The maximum atomic E-state index is 10.9. The van der Waals surface area contributed by atoms with Crippen molar-refractivity contribution in [1.82, 2.24) is 10.6 Å². The summed E-state index contributed by atoms with van der Waals surface area (Å²) >= 11 is 0. The third-order valence-corrected chi connectivity index (χ3v) is 3.70. The van der Waals surface area contributed by atoms with Gasteiger partial charge in [0.1, 0.15) is 9.84 Å². The van der Waals surface area contributed by atoms with E-state index < -0.39 is 9.84 Å². The summed E-state index contributed by atoms with van der Waals surface area (Å²) in [5.41, 5.74) is 0. The summed E-state index contributed by atoms with van der Waals surface area (Å²) < 4.78 is 26.9. The molecule has 1 aliphatic rings. The molecule has 1 rings (SSSR count). The molecule has 0 radical (unpaired) electrons. The monoisotopic (exact) mass is 277 g/mol. The van der Waals surface area contributed by atoms with Crippen LogP contribution in [0.1, 0.15) is 13.3 Å². The number of guanidine groups is 1. The predicted octanol–water partition coefficient (Wildman–Crippen LogP) is -0.379. The lowest BCUT2D eigenvalue weighted by molar-refractivity contribution is 0.154. The van der Waals surface area contributed by atoms with E-state index in [1.807, 2.05) is 0 Å². The summed E-state index contributed by atoms with van der Waals surface area (Å²) in [6.07, 6.45) is 2.39. The van der Waals surface area contributed by atoms with Crippen molar-refractivity contribution in [1.29, 1.82) is 0 Å². The zero-order chi connectivity index (χ0) is 13.6. The van der Waals surface area contributed by atoms with Gasteiger partial charge in [-0.05, 0) is 12.3 Å². The Labute approximate surface area is 109 Å². The van der Waals surface area contributed by atoms with Crippen LogP contribution in [0.5, 0.6) is 0 Å². The zero-order valence-electron chi connectivity index (χ0n) is 11.3. The van der Waals surface area contributed by atoms with Gasteiger partial charge in [0, 0.05) is 25.9 Å². The van der Waals surface area contributed by atoms with Gasteiger partial charge in [-0.3, -0.25) is 4.99 Å². The lowest BCUT2D eigenvalue weighted by atomic mass is 10.5. The van der Waals surface area contributed by atoms with E-state index in [4.69, 9.17) is 4.74 Å². The fraction of sp³-hybridized carbons (Fsp3) is 0.909. The highest BCUT2D eigenvalue weighted by Gasteiger charge is 2.33. The summed E-state index contributed by atoms with van der Waals surface area (Å²) in [4.78, 5) is 4.10. The SMILES string of the molecule is CN=C(NCCOCCS(C)(=O)=O)NC1CC1C. The van der Waals surface area contributed by atoms with E-state index in [-0.39, 0.29) is 12.4 Å². The first-order valence-electron chi connectivity index (χ1n) is 6.15. The van der Waals surface area contributed by atoms with Crippen LogP contribution >= 0.6 is 0 Å². The van der Waals surface area contributed by atoms with Crippen LogP contribution in [0.15, 0.2) is 4.99 Å². The van der Waals surface area contributed by atoms with Crippen molar-refractivity contribution in [2.75, 3.05) is 38.8 Å². The van der Waals surface area contributed by atoms with Crippen molar-refractivity contribution >= 4 is 15.8 Å². The lowest BCUT2D eigenvalue weighted by Gasteiger charge is -2.11. The van der Waals surface area contributed by atoms with Crippen LogP contribution in [0, 0.1) is 5.92 Å². The third-order valence-electron chi connectivity index (χ3n) is 2.79. The van der Waals surface area contributed by atoms with E-state index >= 15 is 0 Å². The minimum absolute atomic E-state index is 0.0690. The second-order valence-corrected chi connectivity index (χ2v) is 6.96. The summed E-state index contributed by atoms with van der Waals surface area (Å²) in [7, 11) is -1.20. The Hall–Kier alpha value is -0.820. The molecule has 2 unspecified atom stereocenters. The first kappa shape index (κ1) is 15.2. The quantitative estimate of drug-likeness (QED) is 0.377. The molecule has 1 saturated carbocycles. The highest BCUT2D eigenvalue weighted by Crippen LogP contribution is 2.28. The van der Waals surface area contributed by atoms with Gasteiger partial charge < -0.3 is 15.4 Å². The largest absolute Gasteiger partial charge is 0.379 e. The van der Waals surface area contributed by atoms with Gasteiger partial charge in [0.05, 0.1) is 19.0 Å². The van der Waals surface area contributed by atoms with Crippen LogP contribution in [-0.4, -0.2) is 59.2 Å². The molecular weight excluding hydrogens is 254 g/mol. The Balaban J connectivity index is 2.02. The highest BCUT2D eigenvalue weighted by atomic mass is 32.2. The van der Waals surface area contributed by atoms with E-state index in [2.05, 4.69) is 22.5 Å². The minimum Gasteiger partial charge on any atom is -0.379 e. The molecule has 0 aliphatic heterocycles. The number of nitrogens with one attached hydrogen (secondary N) is 2. The molecule has 1 fully saturated rings. The van der Waals surface area contributed by atoms with Gasteiger partial charge in [-0.1, -0.05) is 6.92 Å². The topological polar surface area (TPSA) is 79.8 Å². The predicted molar refractivity (Wildman–Crippen MR) is 72.6 cm³/mol. The Morgan fingerprint density at radius 3 is 2.61 bits per heavy atom. The summed E-state index contributed by atoms with van der Waals surface area (Å²) in [5, 5.41) is 6.42. The third kappa shape index (κ3) is 6.80. The van der Waals surface area contributed by atoms with Crippen molar-refractivity contribution in [2.45, 2.75) is 19.4 Å².